The lowest BCUT2D eigenvalue weighted by molar-refractivity contribution is 0.604. The highest BCUT2D eigenvalue weighted by Crippen LogP contribution is 2.18. The smallest absolute Gasteiger partial charge is 0.199 e. The highest BCUT2D eigenvalue weighted by molar-refractivity contribution is 7.94. The lowest BCUT2D eigenvalue weighted by Crippen LogP contribution is -1.94. The Morgan fingerprint density at radius 3 is 2.47 bits per heavy atom. The first-order valence-electron chi connectivity index (χ1n) is 5.45. The third-order valence-electron chi connectivity index (χ3n) is 2.18. The minimum Gasteiger partial charge on any atom is -0.219 e. The minimum absolute atomic E-state index is 0.222. The summed E-state index contributed by atoms with van der Waals surface area (Å²) in [5, 5.41) is 8.93. The number of nitrogens with zero attached hydrogens (tertiary/aromatic N) is 2. The molecule has 0 bridgehead atoms. The van der Waals surface area contributed by atoms with Crippen LogP contribution in [0.1, 0.15) is 19.8 Å². The van der Waals surface area contributed by atoms with Crippen molar-refractivity contribution in [2.24, 2.45) is 10.2 Å². The van der Waals surface area contributed by atoms with Gasteiger partial charge in [-0.2, -0.15) is 10.2 Å². The van der Waals surface area contributed by atoms with Gasteiger partial charge in [-0.05, 0) is 30.7 Å². The number of benzene rings is 1. The van der Waals surface area contributed by atoms with E-state index in [0.717, 1.165) is 18.2 Å². The van der Waals surface area contributed by atoms with Crippen LogP contribution in [-0.2, 0) is 9.84 Å². The van der Waals surface area contributed by atoms with Gasteiger partial charge in [0.15, 0.2) is 9.84 Å². The molecule has 17 heavy (non-hydrogen) atoms. The number of unbranched alkanes of at least 4 members (excludes halogenated alkanes) is 1. The second-order valence-corrected chi connectivity index (χ2v) is 5.42. The molecule has 0 unspecified atom stereocenters. The van der Waals surface area contributed by atoms with E-state index < -0.39 is 9.84 Å². The molecule has 0 aliphatic rings. The molecule has 0 aromatic heterocycles. The summed E-state index contributed by atoms with van der Waals surface area (Å²) in [5.74, 6) is 0. The van der Waals surface area contributed by atoms with Gasteiger partial charge in [0.05, 0.1) is 17.1 Å². The molecule has 0 radical (unpaired) electrons. The maximum Gasteiger partial charge on any atom is 0.199 e. The third-order valence-corrected chi connectivity index (χ3v) is 3.55. The Morgan fingerprint density at radius 2 is 1.94 bits per heavy atom. The zero-order valence-electron chi connectivity index (χ0n) is 9.83. The van der Waals surface area contributed by atoms with Gasteiger partial charge in [-0.25, -0.2) is 8.42 Å². The zero-order valence-corrected chi connectivity index (χ0v) is 10.7. The van der Waals surface area contributed by atoms with E-state index in [9.17, 15) is 8.42 Å². The van der Waals surface area contributed by atoms with Crippen molar-refractivity contribution in [2.45, 2.75) is 24.7 Å². The van der Waals surface area contributed by atoms with Crippen LogP contribution in [0.5, 0.6) is 0 Å². The lowest BCUT2D eigenvalue weighted by Gasteiger charge is -1.98. The van der Waals surface area contributed by atoms with E-state index in [1.807, 2.05) is 0 Å². The highest BCUT2D eigenvalue weighted by Gasteiger charge is 2.08. The Labute approximate surface area is 102 Å². The number of hydrogen-bond donors (Lipinski definition) is 0. The predicted octanol–water partition coefficient (Wildman–Crippen LogP) is 3.49. The van der Waals surface area contributed by atoms with Gasteiger partial charge in [-0.3, -0.25) is 0 Å². The van der Waals surface area contributed by atoms with Crippen LogP contribution in [-0.4, -0.2) is 15.0 Å². The summed E-state index contributed by atoms with van der Waals surface area (Å²) in [6, 6.07) is 6.27. The molecule has 0 aliphatic heterocycles. The van der Waals surface area contributed by atoms with E-state index in [1.54, 1.807) is 12.1 Å². The molecule has 0 saturated carbocycles. The first kappa shape index (κ1) is 13.6. The molecule has 5 heteroatoms. The Hall–Kier alpha value is -1.49. The fraction of sp³-hybridized carbons (Fsp3) is 0.333. The molecule has 4 nitrogen and oxygen atoms in total. The Balaban J connectivity index is 2.75. The van der Waals surface area contributed by atoms with Crippen LogP contribution >= 0.6 is 0 Å². The van der Waals surface area contributed by atoms with Gasteiger partial charge >= 0.3 is 0 Å². The fourth-order valence-corrected chi connectivity index (χ4v) is 1.87. The average molecular weight is 252 g/mol. The van der Waals surface area contributed by atoms with Crippen molar-refractivity contribution in [3.8, 4) is 0 Å². The highest BCUT2D eigenvalue weighted by atomic mass is 32.2. The molecule has 0 spiro atoms. The van der Waals surface area contributed by atoms with Gasteiger partial charge in [0.25, 0.3) is 0 Å². The molecule has 1 aromatic carbocycles. The van der Waals surface area contributed by atoms with Crippen molar-refractivity contribution in [2.75, 3.05) is 6.54 Å². The van der Waals surface area contributed by atoms with Crippen molar-refractivity contribution >= 4 is 15.5 Å². The molecule has 0 amide bonds. The number of azo groups is 1. The second kappa shape index (κ2) is 6.30. The topological polar surface area (TPSA) is 58.9 Å². The Morgan fingerprint density at radius 1 is 1.29 bits per heavy atom. The van der Waals surface area contributed by atoms with Crippen LogP contribution in [0, 0.1) is 0 Å². The molecule has 1 aromatic rings. The largest absolute Gasteiger partial charge is 0.219 e. The summed E-state index contributed by atoms with van der Waals surface area (Å²) in [6.45, 7) is 6.06. The summed E-state index contributed by atoms with van der Waals surface area (Å²) >= 11 is 0. The van der Waals surface area contributed by atoms with E-state index in [1.165, 1.54) is 12.1 Å². The zero-order chi connectivity index (χ0) is 12.7. The maximum absolute atomic E-state index is 11.4. The SMILES string of the molecule is C=CS(=O)(=O)c1ccc(N=NCCCC)cc1. The maximum atomic E-state index is 11.4. The number of hydrogen-bond acceptors (Lipinski definition) is 4. The summed E-state index contributed by atoms with van der Waals surface area (Å²) < 4.78 is 22.9. The number of rotatable bonds is 6. The van der Waals surface area contributed by atoms with Gasteiger partial charge in [-0.15, -0.1) is 0 Å². The van der Waals surface area contributed by atoms with Crippen molar-refractivity contribution in [1.29, 1.82) is 0 Å². The molecule has 1 rings (SSSR count). The van der Waals surface area contributed by atoms with Crippen molar-refractivity contribution in [3.63, 3.8) is 0 Å². The Bertz CT molecular complexity index is 490. The first-order valence-corrected chi connectivity index (χ1v) is 7.00. The van der Waals surface area contributed by atoms with E-state index in [2.05, 4.69) is 23.7 Å². The summed E-state index contributed by atoms with van der Waals surface area (Å²) in [7, 11) is -3.35. The lowest BCUT2D eigenvalue weighted by atomic mass is 10.3. The molecule has 0 atom stereocenters. The molecule has 0 N–H and O–H groups in total. The molecule has 0 heterocycles. The summed E-state index contributed by atoms with van der Waals surface area (Å²) in [4.78, 5) is 0.222. The second-order valence-electron chi connectivity index (χ2n) is 3.52. The van der Waals surface area contributed by atoms with Crippen molar-refractivity contribution in [1.82, 2.24) is 0 Å². The molecule has 0 fully saturated rings. The van der Waals surface area contributed by atoms with Crippen LogP contribution in [0.15, 0.2) is 51.4 Å². The molecule has 92 valence electrons. The molecular formula is C12H16N2O2S. The van der Waals surface area contributed by atoms with E-state index in [-0.39, 0.29) is 4.90 Å². The van der Waals surface area contributed by atoms with Crippen LogP contribution in [0.4, 0.5) is 5.69 Å². The first-order chi connectivity index (χ1) is 8.10. The van der Waals surface area contributed by atoms with E-state index >= 15 is 0 Å². The van der Waals surface area contributed by atoms with Gasteiger partial charge < -0.3 is 0 Å². The van der Waals surface area contributed by atoms with Gasteiger partial charge in [0.1, 0.15) is 0 Å². The van der Waals surface area contributed by atoms with Crippen LogP contribution in [0.25, 0.3) is 0 Å². The van der Waals surface area contributed by atoms with Gasteiger partial charge in [0.2, 0.25) is 0 Å². The van der Waals surface area contributed by atoms with Gasteiger partial charge in [-0.1, -0.05) is 19.9 Å². The van der Waals surface area contributed by atoms with E-state index in [0.29, 0.717) is 12.2 Å². The minimum atomic E-state index is -3.35. The summed E-state index contributed by atoms with van der Waals surface area (Å²) in [5.41, 5.74) is 0.657. The van der Waals surface area contributed by atoms with Crippen molar-refractivity contribution < 1.29 is 8.42 Å². The quantitative estimate of drug-likeness (QED) is 0.574. The molecular weight excluding hydrogens is 236 g/mol. The monoisotopic (exact) mass is 252 g/mol. The number of sulfone groups is 1. The summed E-state index contributed by atoms with van der Waals surface area (Å²) in [6.07, 6.45) is 2.09. The standard InChI is InChI=1S/C12H16N2O2S/c1-3-5-10-13-14-11-6-8-12(9-7-11)17(15,16)4-2/h4,6-9H,2-3,5,10H2,1H3. The normalized spacial score (nSPS) is 11.8. The van der Waals surface area contributed by atoms with Gasteiger partial charge in [0, 0.05) is 5.41 Å². The van der Waals surface area contributed by atoms with Crippen LogP contribution in [0.3, 0.4) is 0 Å². The van der Waals surface area contributed by atoms with Crippen molar-refractivity contribution in [3.05, 3.63) is 36.3 Å². The van der Waals surface area contributed by atoms with Crippen LogP contribution < -0.4 is 0 Å². The average Bonchev–Trinajstić information content (AvgIpc) is 2.35. The predicted molar refractivity (Wildman–Crippen MR) is 68.1 cm³/mol. The Kier molecular flexibility index (Phi) is 5.03. The fourth-order valence-electron chi connectivity index (χ4n) is 1.16. The third kappa shape index (κ3) is 4.11. The van der Waals surface area contributed by atoms with Crippen LogP contribution in [0.2, 0.25) is 0 Å². The molecule has 0 aliphatic carbocycles. The van der Waals surface area contributed by atoms with E-state index in [4.69, 9.17) is 0 Å². The molecule has 0 saturated heterocycles.